The SMILES string of the molecule is C=CCCc1ccc(C#Cc2ccc3cc(C4CCC(CCCC)CC4)ccc3c2F)cc1. The van der Waals surface area contributed by atoms with Crippen LogP contribution in [0.25, 0.3) is 10.8 Å². The van der Waals surface area contributed by atoms with Crippen molar-refractivity contribution in [3.8, 4) is 11.8 Å². The predicted octanol–water partition coefficient (Wildman–Crippen LogP) is 8.96. The van der Waals surface area contributed by atoms with Crippen molar-refractivity contribution in [1.29, 1.82) is 0 Å². The highest BCUT2D eigenvalue weighted by molar-refractivity contribution is 5.85. The maximum absolute atomic E-state index is 15.2. The number of allylic oxidation sites excluding steroid dienone is 1. The van der Waals surface area contributed by atoms with Crippen LogP contribution in [-0.4, -0.2) is 0 Å². The van der Waals surface area contributed by atoms with Crippen molar-refractivity contribution in [2.75, 3.05) is 0 Å². The van der Waals surface area contributed by atoms with Gasteiger partial charge in [-0.1, -0.05) is 80.5 Å². The minimum Gasteiger partial charge on any atom is -0.205 e. The molecule has 0 aliphatic heterocycles. The summed E-state index contributed by atoms with van der Waals surface area (Å²) in [6, 6.07) is 18.3. The van der Waals surface area contributed by atoms with Crippen molar-refractivity contribution in [3.05, 3.63) is 95.3 Å². The Labute approximate surface area is 198 Å². The number of halogens is 1. The fourth-order valence-electron chi connectivity index (χ4n) is 5.10. The highest BCUT2D eigenvalue weighted by Crippen LogP contribution is 2.38. The smallest absolute Gasteiger partial charge is 0.146 e. The minimum atomic E-state index is -0.211. The van der Waals surface area contributed by atoms with Crippen LogP contribution < -0.4 is 0 Å². The fraction of sp³-hybridized carbons (Fsp3) is 0.375. The normalized spacial score (nSPS) is 18.0. The van der Waals surface area contributed by atoms with E-state index in [-0.39, 0.29) is 5.82 Å². The van der Waals surface area contributed by atoms with Crippen LogP contribution >= 0.6 is 0 Å². The summed E-state index contributed by atoms with van der Waals surface area (Å²) in [4.78, 5) is 0. The Morgan fingerprint density at radius 1 is 0.970 bits per heavy atom. The maximum Gasteiger partial charge on any atom is 0.146 e. The molecule has 170 valence electrons. The number of rotatable bonds is 7. The Morgan fingerprint density at radius 3 is 2.48 bits per heavy atom. The van der Waals surface area contributed by atoms with Crippen molar-refractivity contribution in [3.63, 3.8) is 0 Å². The van der Waals surface area contributed by atoms with Crippen molar-refractivity contribution in [2.24, 2.45) is 5.92 Å². The molecule has 0 heterocycles. The lowest BCUT2D eigenvalue weighted by Crippen LogP contribution is -2.13. The third kappa shape index (κ3) is 5.94. The highest BCUT2D eigenvalue weighted by Gasteiger charge is 2.22. The van der Waals surface area contributed by atoms with Gasteiger partial charge in [-0.2, -0.15) is 0 Å². The van der Waals surface area contributed by atoms with E-state index in [0.29, 0.717) is 16.9 Å². The van der Waals surface area contributed by atoms with E-state index in [1.54, 1.807) is 0 Å². The zero-order valence-electron chi connectivity index (χ0n) is 19.9. The van der Waals surface area contributed by atoms with E-state index in [1.165, 1.54) is 56.1 Å². The van der Waals surface area contributed by atoms with Crippen molar-refractivity contribution < 1.29 is 4.39 Å². The summed E-state index contributed by atoms with van der Waals surface area (Å²) in [5, 5.41) is 1.65. The number of fused-ring (bicyclic) bond motifs is 1. The van der Waals surface area contributed by atoms with E-state index in [1.807, 2.05) is 36.4 Å². The first-order valence-electron chi connectivity index (χ1n) is 12.6. The molecule has 1 fully saturated rings. The third-order valence-electron chi connectivity index (χ3n) is 7.19. The van der Waals surface area contributed by atoms with Crippen molar-refractivity contribution in [1.82, 2.24) is 0 Å². The van der Waals surface area contributed by atoms with Gasteiger partial charge in [-0.05, 0) is 85.1 Å². The van der Waals surface area contributed by atoms with Gasteiger partial charge in [0.2, 0.25) is 0 Å². The third-order valence-corrected chi connectivity index (χ3v) is 7.19. The van der Waals surface area contributed by atoms with Crippen LogP contribution in [0, 0.1) is 23.6 Å². The second kappa shape index (κ2) is 11.3. The van der Waals surface area contributed by atoms with Gasteiger partial charge in [0.25, 0.3) is 0 Å². The van der Waals surface area contributed by atoms with E-state index < -0.39 is 0 Å². The van der Waals surface area contributed by atoms with Gasteiger partial charge in [0.05, 0.1) is 5.56 Å². The number of unbranched alkanes of at least 4 members (excludes halogenated alkanes) is 1. The average molecular weight is 439 g/mol. The molecule has 0 bridgehead atoms. The number of hydrogen-bond acceptors (Lipinski definition) is 0. The monoisotopic (exact) mass is 438 g/mol. The molecule has 33 heavy (non-hydrogen) atoms. The van der Waals surface area contributed by atoms with Crippen molar-refractivity contribution in [2.45, 2.75) is 70.6 Å². The van der Waals surface area contributed by atoms with Crippen LogP contribution in [0.5, 0.6) is 0 Å². The van der Waals surface area contributed by atoms with Crippen LogP contribution in [-0.2, 0) is 6.42 Å². The summed E-state index contributed by atoms with van der Waals surface area (Å²) in [7, 11) is 0. The lowest BCUT2D eigenvalue weighted by molar-refractivity contribution is 0.304. The lowest BCUT2D eigenvalue weighted by Gasteiger charge is -2.29. The highest BCUT2D eigenvalue weighted by atomic mass is 19.1. The van der Waals surface area contributed by atoms with Crippen LogP contribution in [0.2, 0.25) is 0 Å². The minimum absolute atomic E-state index is 0.211. The molecule has 0 spiro atoms. The number of hydrogen-bond donors (Lipinski definition) is 0. The number of benzene rings is 3. The molecule has 1 saturated carbocycles. The van der Waals surface area contributed by atoms with E-state index in [9.17, 15) is 0 Å². The van der Waals surface area contributed by atoms with Gasteiger partial charge in [-0.15, -0.1) is 6.58 Å². The molecule has 1 aliphatic rings. The first kappa shape index (κ1) is 23.3. The summed E-state index contributed by atoms with van der Waals surface area (Å²) >= 11 is 0. The molecule has 4 rings (SSSR count). The Kier molecular flexibility index (Phi) is 8.01. The topological polar surface area (TPSA) is 0 Å². The molecule has 3 aromatic carbocycles. The molecule has 0 saturated heterocycles. The first-order valence-corrected chi connectivity index (χ1v) is 12.6. The molecular weight excluding hydrogens is 403 g/mol. The Hall–Kier alpha value is -2.85. The Morgan fingerprint density at radius 2 is 1.76 bits per heavy atom. The summed E-state index contributed by atoms with van der Waals surface area (Å²) in [6.07, 6.45) is 13.1. The van der Waals surface area contributed by atoms with E-state index in [2.05, 4.69) is 49.6 Å². The molecule has 3 aromatic rings. The largest absolute Gasteiger partial charge is 0.205 e. The standard InChI is InChI=1S/C32H35F/c1-3-5-7-24-9-11-26(12-10-24)15-18-28-19-20-30-23-29(21-22-31(30)32(28)33)27-16-13-25(14-17-27)8-6-4-2/h3,9-12,19-23,25,27H,1,4-8,13-14,16-17H2,2H3. The Bertz CT molecular complexity index is 1130. The molecule has 1 aliphatic carbocycles. The van der Waals surface area contributed by atoms with E-state index >= 15 is 4.39 Å². The van der Waals surface area contributed by atoms with Crippen LogP contribution in [0.3, 0.4) is 0 Å². The summed E-state index contributed by atoms with van der Waals surface area (Å²) in [5.41, 5.74) is 4.00. The van der Waals surface area contributed by atoms with Gasteiger partial charge >= 0.3 is 0 Å². The average Bonchev–Trinajstić information content (AvgIpc) is 2.86. The summed E-state index contributed by atoms with van der Waals surface area (Å²) in [6.45, 7) is 6.05. The van der Waals surface area contributed by atoms with E-state index in [0.717, 1.165) is 29.7 Å². The van der Waals surface area contributed by atoms with Gasteiger partial charge < -0.3 is 0 Å². The molecule has 0 unspecified atom stereocenters. The van der Waals surface area contributed by atoms with Gasteiger partial charge in [0.15, 0.2) is 0 Å². The quantitative estimate of drug-likeness (QED) is 0.255. The molecule has 0 amide bonds. The predicted molar refractivity (Wildman–Crippen MR) is 139 cm³/mol. The van der Waals surface area contributed by atoms with E-state index in [4.69, 9.17) is 0 Å². The molecule has 0 nitrogen and oxygen atoms in total. The van der Waals surface area contributed by atoms with Gasteiger partial charge in [0.1, 0.15) is 5.82 Å². The molecule has 0 radical (unpaired) electrons. The maximum atomic E-state index is 15.2. The molecule has 1 heteroatoms. The van der Waals surface area contributed by atoms with Crippen molar-refractivity contribution >= 4 is 10.8 Å². The summed E-state index contributed by atoms with van der Waals surface area (Å²) in [5.74, 6) is 7.47. The van der Waals surface area contributed by atoms with Gasteiger partial charge in [0, 0.05) is 10.9 Å². The molecule has 0 aromatic heterocycles. The van der Waals surface area contributed by atoms with Crippen LogP contribution in [0.15, 0.2) is 67.3 Å². The zero-order chi connectivity index (χ0) is 23.0. The first-order chi connectivity index (χ1) is 16.2. The molecule has 0 atom stereocenters. The molecular formula is C32H35F. The lowest BCUT2D eigenvalue weighted by atomic mass is 9.77. The van der Waals surface area contributed by atoms with Crippen LogP contribution in [0.4, 0.5) is 4.39 Å². The van der Waals surface area contributed by atoms with Gasteiger partial charge in [-0.3, -0.25) is 0 Å². The number of aryl methyl sites for hydroxylation is 1. The molecule has 0 N–H and O–H groups in total. The Balaban J connectivity index is 1.47. The summed E-state index contributed by atoms with van der Waals surface area (Å²) < 4.78 is 15.2. The van der Waals surface area contributed by atoms with Crippen LogP contribution in [0.1, 0.15) is 86.5 Å². The fourth-order valence-corrected chi connectivity index (χ4v) is 5.10. The second-order valence-electron chi connectivity index (χ2n) is 9.54. The van der Waals surface area contributed by atoms with Gasteiger partial charge in [-0.25, -0.2) is 4.39 Å². The second-order valence-corrected chi connectivity index (χ2v) is 9.54. The zero-order valence-corrected chi connectivity index (χ0v) is 19.9.